The number of aliphatic hydroxyl groups excluding tert-OH is 1. The number of carbonyl (C=O) groups is 1. The zero-order valence-corrected chi connectivity index (χ0v) is 27.3. The van der Waals surface area contributed by atoms with E-state index in [1.165, 1.54) is 0 Å². The van der Waals surface area contributed by atoms with E-state index in [0.717, 1.165) is 26.7 Å². The molecule has 1 heterocycles. The van der Waals surface area contributed by atoms with Gasteiger partial charge in [-0.3, -0.25) is 4.79 Å². The first-order valence-electron chi connectivity index (χ1n) is 14.9. The first-order chi connectivity index (χ1) is 22.4. The highest BCUT2D eigenvalue weighted by Gasteiger charge is 2.53. The lowest BCUT2D eigenvalue weighted by molar-refractivity contribution is -0.128. The van der Waals surface area contributed by atoms with E-state index in [0.29, 0.717) is 48.2 Å². The number of aliphatic imine (C=N–C) groups is 1. The van der Waals surface area contributed by atoms with E-state index in [4.69, 9.17) is 36.7 Å². The maximum absolute atomic E-state index is 14.5. The van der Waals surface area contributed by atoms with E-state index in [-0.39, 0.29) is 25.5 Å². The normalized spacial score (nSPS) is 17.0. The summed E-state index contributed by atoms with van der Waals surface area (Å²) in [5.74, 6) is 0.695. The number of carbonyl (C=O) groups excluding carboxylic acids is 1. The van der Waals surface area contributed by atoms with E-state index in [9.17, 15) is 4.79 Å². The number of hydrogen-bond donors (Lipinski definition) is 2. The molecule has 0 saturated carbocycles. The summed E-state index contributed by atoms with van der Waals surface area (Å²) in [5.41, 5.74) is 11.8. The molecule has 0 bridgehead atoms. The highest BCUT2D eigenvalue weighted by molar-refractivity contribution is 9.10. The van der Waals surface area contributed by atoms with Crippen molar-refractivity contribution in [2.75, 3.05) is 19.8 Å². The zero-order valence-electron chi connectivity index (χ0n) is 25.0. The number of aliphatic hydroxyl groups is 1. The van der Waals surface area contributed by atoms with E-state index in [1.807, 2.05) is 97.1 Å². The van der Waals surface area contributed by atoms with Gasteiger partial charge in [-0.05, 0) is 82.7 Å². The second-order valence-corrected chi connectivity index (χ2v) is 12.2. The summed E-state index contributed by atoms with van der Waals surface area (Å²) in [4.78, 5) is 22.6. The molecule has 0 radical (unpaired) electrons. The molecular weight excluding hydrogens is 670 g/mol. The van der Waals surface area contributed by atoms with Gasteiger partial charge >= 0.3 is 0 Å². The van der Waals surface area contributed by atoms with Crippen LogP contribution in [0.5, 0.6) is 5.75 Å². The number of ether oxygens (including phenoxy) is 2. The van der Waals surface area contributed by atoms with Crippen LogP contribution >= 0.6 is 27.5 Å². The number of rotatable bonds is 14. The van der Waals surface area contributed by atoms with Gasteiger partial charge < -0.3 is 19.9 Å². The Hall–Kier alpha value is -4.34. The fourth-order valence-electron chi connectivity index (χ4n) is 5.33. The smallest absolute Gasteiger partial charge is 0.252 e. The maximum Gasteiger partial charge on any atom is 0.252 e. The molecule has 4 aromatic carbocycles. The Morgan fingerprint density at radius 2 is 1.76 bits per heavy atom. The van der Waals surface area contributed by atoms with Crippen molar-refractivity contribution >= 4 is 39.3 Å². The molecular formula is C35H33BrClN5O4. The van der Waals surface area contributed by atoms with Crippen LogP contribution in [0.4, 0.5) is 0 Å². The van der Waals surface area contributed by atoms with Gasteiger partial charge in [0.15, 0.2) is 11.6 Å². The molecule has 0 saturated heterocycles. The van der Waals surface area contributed by atoms with Crippen LogP contribution in [-0.2, 0) is 28.9 Å². The second kappa shape index (κ2) is 15.8. The highest BCUT2D eigenvalue weighted by Crippen LogP contribution is 2.43. The number of azide groups is 1. The summed E-state index contributed by atoms with van der Waals surface area (Å²) in [6.45, 7) is 0.961. The molecule has 11 heteroatoms. The van der Waals surface area contributed by atoms with Crippen molar-refractivity contribution in [3.63, 3.8) is 0 Å². The van der Waals surface area contributed by atoms with Gasteiger partial charge in [0, 0.05) is 46.0 Å². The first kappa shape index (κ1) is 33.0. The Kier molecular flexibility index (Phi) is 11.3. The Labute approximate surface area is 281 Å². The molecule has 0 aliphatic carbocycles. The van der Waals surface area contributed by atoms with Crippen LogP contribution in [0.25, 0.3) is 10.4 Å². The van der Waals surface area contributed by atoms with E-state index in [2.05, 4.69) is 31.3 Å². The van der Waals surface area contributed by atoms with Crippen molar-refractivity contribution < 1.29 is 19.4 Å². The van der Waals surface area contributed by atoms with Crippen LogP contribution in [0.3, 0.4) is 0 Å². The largest absolute Gasteiger partial charge is 0.494 e. The third-order valence-electron chi connectivity index (χ3n) is 7.70. The Bertz CT molecular complexity index is 1710. The number of nitrogens with one attached hydrogen (secondary N) is 1. The molecule has 4 aromatic rings. The van der Waals surface area contributed by atoms with Gasteiger partial charge in [-0.25, -0.2) is 4.99 Å². The molecule has 0 fully saturated rings. The second-order valence-electron chi connectivity index (χ2n) is 10.8. The van der Waals surface area contributed by atoms with Crippen LogP contribution in [0, 0.1) is 0 Å². The van der Waals surface area contributed by atoms with Gasteiger partial charge in [-0.1, -0.05) is 81.2 Å². The Morgan fingerprint density at radius 3 is 2.46 bits per heavy atom. The fraction of sp³-hybridized carbons (Fsp3) is 0.257. The van der Waals surface area contributed by atoms with Crippen molar-refractivity contribution in [3.8, 4) is 5.75 Å². The predicted octanol–water partition coefficient (Wildman–Crippen LogP) is 7.53. The molecule has 236 valence electrons. The molecule has 1 aliphatic rings. The summed E-state index contributed by atoms with van der Waals surface area (Å²) in [5, 5.41) is 16.7. The minimum atomic E-state index is -1.40. The number of benzene rings is 4. The molecule has 0 unspecified atom stereocenters. The average molecular weight is 703 g/mol. The van der Waals surface area contributed by atoms with Gasteiger partial charge in [-0.2, -0.15) is 0 Å². The van der Waals surface area contributed by atoms with E-state index < -0.39 is 11.6 Å². The number of nitrogens with zero attached hydrogens (tertiary/aromatic N) is 4. The fourth-order valence-corrected chi connectivity index (χ4v) is 5.72. The quantitative estimate of drug-likeness (QED) is 0.0609. The maximum atomic E-state index is 14.5. The topological polar surface area (TPSA) is 129 Å². The van der Waals surface area contributed by atoms with Crippen molar-refractivity contribution in [2.24, 2.45) is 10.1 Å². The lowest BCUT2D eigenvalue weighted by Gasteiger charge is -2.31. The minimum absolute atomic E-state index is 0.0516. The van der Waals surface area contributed by atoms with Gasteiger partial charge in [0.2, 0.25) is 5.90 Å². The monoisotopic (exact) mass is 701 g/mol. The van der Waals surface area contributed by atoms with Crippen LogP contribution in [0.15, 0.2) is 112 Å². The standard InChI is InChI=1S/C35H33BrClN5O4/c36-29-12-8-25(9-13-29)32-35(22-27-4-1-2-5-28(27)23-40-42-38,34(44)39-19-18-24-6-14-30(37)15-7-24)41-33(46-32)26-10-16-31(17-11-26)45-21-3-20-43/h1-2,4-17,32,43H,3,18-23H2,(H,39,44)/t32-,35-/m1/s1. The van der Waals surface area contributed by atoms with Crippen LogP contribution in [-0.4, -0.2) is 42.2 Å². The van der Waals surface area contributed by atoms with Crippen LogP contribution in [0.1, 0.15) is 40.3 Å². The molecule has 1 aliphatic heterocycles. The molecule has 2 atom stereocenters. The third kappa shape index (κ3) is 8.08. The SMILES string of the molecule is [N-]=[N+]=NCc1ccccc1C[C@@]1(C(=O)NCCc2ccc(Cl)cc2)N=C(c2ccc(OCCCO)cc2)O[C@@H]1c1ccc(Br)cc1. The van der Waals surface area contributed by atoms with Crippen molar-refractivity contribution in [1.82, 2.24) is 5.32 Å². The molecule has 5 rings (SSSR count). The lowest BCUT2D eigenvalue weighted by Crippen LogP contribution is -2.50. The summed E-state index contributed by atoms with van der Waals surface area (Å²) in [6, 6.07) is 30.1. The summed E-state index contributed by atoms with van der Waals surface area (Å²) >= 11 is 9.58. The van der Waals surface area contributed by atoms with Crippen LogP contribution in [0.2, 0.25) is 5.02 Å². The number of amides is 1. The number of hydrogen-bond acceptors (Lipinski definition) is 6. The highest BCUT2D eigenvalue weighted by atomic mass is 79.9. The van der Waals surface area contributed by atoms with Gasteiger partial charge in [0.1, 0.15) is 5.75 Å². The van der Waals surface area contributed by atoms with Crippen molar-refractivity contribution in [3.05, 3.63) is 145 Å². The zero-order chi connectivity index (χ0) is 32.4. The Balaban J connectivity index is 1.55. The van der Waals surface area contributed by atoms with Gasteiger partial charge in [0.05, 0.1) is 13.2 Å². The van der Waals surface area contributed by atoms with Gasteiger partial charge in [0.25, 0.3) is 5.91 Å². The molecule has 0 aromatic heterocycles. The minimum Gasteiger partial charge on any atom is -0.494 e. The number of halogens is 2. The Morgan fingerprint density at radius 1 is 1.04 bits per heavy atom. The molecule has 1 amide bonds. The average Bonchev–Trinajstić information content (AvgIpc) is 3.46. The molecule has 2 N–H and O–H groups in total. The molecule has 46 heavy (non-hydrogen) atoms. The summed E-state index contributed by atoms with van der Waals surface area (Å²) in [6.07, 6.45) is 0.566. The predicted molar refractivity (Wildman–Crippen MR) is 182 cm³/mol. The van der Waals surface area contributed by atoms with Gasteiger partial charge in [-0.15, -0.1) is 0 Å². The first-order valence-corrected chi connectivity index (χ1v) is 16.1. The lowest BCUT2D eigenvalue weighted by atomic mass is 9.81. The van der Waals surface area contributed by atoms with E-state index >= 15 is 0 Å². The van der Waals surface area contributed by atoms with Crippen molar-refractivity contribution in [1.29, 1.82) is 0 Å². The molecule has 9 nitrogen and oxygen atoms in total. The van der Waals surface area contributed by atoms with E-state index in [1.54, 1.807) is 0 Å². The van der Waals surface area contributed by atoms with Crippen molar-refractivity contribution in [2.45, 2.75) is 37.5 Å². The summed E-state index contributed by atoms with van der Waals surface area (Å²) < 4.78 is 13.2. The summed E-state index contributed by atoms with van der Waals surface area (Å²) in [7, 11) is 0. The van der Waals surface area contributed by atoms with Crippen LogP contribution < -0.4 is 10.1 Å². The third-order valence-corrected chi connectivity index (χ3v) is 8.48. The molecule has 0 spiro atoms.